The first-order valence-electron chi connectivity index (χ1n) is 3.96. The molecule has 1 heterocycles. The van der Waals surface area contributed by atoms with E-state index in [0.29, 0.717) is 6.20 Å². The summed E-state index contributed by atoms with van der Waals surface area (Å²) in [4.78, 5) is 20.7. The molecular formula is C6H4BBrF3KN2O3. The van der Waals surface area contributed by atoms with E-state index in [1.165, 1.54) is 0 Å². The number of nitrogens with zero attached hydrogens (tertiary/aromatic N) is 2. The fraction of sp³-hybridized carbons (Fsp3) is 0.167. The number of halogens is 4. The summed E-state index contributed by atoms with van der Waals surface area (Å²) in [5.41, 5.74) is -1.53. The molecule has 0 atom stereocenters. The van der Waals surface area contributed by atoms with Crippen LogP contribution in [0.15, 0.2) is 21.5 Å². The monoisotopic (exact) mass is 338 g/mol. The number of rotatable bonds is 3. The first-order chi connectivity index (χ1) is 7.20. The minimum atomic E-state index is -5.23. The van der Waals surface area contributed by atoms with Gasteiger partial charge in [-0.1, -0.05) is 0 Å². The molecule has 0 aliphatic heterocycles. The maximum Gasteiger partial charge on any atom is 1.00 e. The molecule has 0 radical (unpaired) electrons. The van der Waals surface area contributed by atoms with E-state index in [1.807, 2.05) is 0 Å². The minimum Gasteiger partial charge on any atom is -0.448 e. The van der Waals surface area contributed by atoms with Gasteiger partial charge in [0.25, 0.3) is 11.2 Å². The van der Waals surface area contributed by atoms with Crippen LogP contribution in [0.4, 0.5) is 18.6 Å². The van der Waals surface area contributed by atoms with Crippen molar-refractivity contribution in [3.8, 4) is 0 Å². The van der Waals surface area contributed by atoms with Gasteiger partial charge in [-0.15, -0.1) is 0 Å². The van der Waals surface area contributed by atoms with Crippen LogP contribution in [-0.2, 0) is 6.44 Å². The quantitative estimate of drug-likeness (QED) is 0.399. The topological polar surface area (TPSA) is 65.1 Å². The predicted molar refractivity (Wildman–Crippen MR) is 54.1 cm³/mol. The maximum absolute atomic E-state index is 12.1. The predicted octanol–water partition coefficient (Wildman–Crippen LogP) is -1.09. The molecule has 1 aromatic heterocycles. The molecule has 0 amide bonds. The smallest absolute Gasteiger partial charge is 0.448 e. The molecule has 0 bridgehead atoms. The summed E-state index contributed by atoms with van der Waals surface area (Å²) >= 11 is 2.67. The Kier molecular flexibility index (Phi) is 6.60. The SMILES string of the molecule is O=c1c(Br)cc([N+](=O)[O-])cn1C[B-](F)(F)F.[K+]. The van der Waals surface area contributed by atoms with E-state index in [0.717, 1.165) is 6.07 Å². The molecule has 0 spiro atoms. The molecule has 0 unspecified atom stereocenters. The van der Waals surface area contributed by atoms with Gasteiger partial charge in [-0.25, -0.2) is 0 Å². The molecule has 0 N–H and O–H groups in total. The van der Waals surface area contributed by atoms with E-state index in [9.17, 15) is 27.9 Å². The zero-order chi connectivity index (χ0) is 12.5. The summed E-state index contributed by atoms with van der Waals surface area (Å²) in [6.45, 7) is -5.23. The first-order valence-corrected chi connectivity index (χ1v) is 4.75. The Labute approximate surface area is 144 Å². The fourth-order valence-electron chi connectivity index (χ4n) is 1.04. The molecule has 88 valence electrons. The third-order valence-corrected chi connectivity index (χ3v) is 2.21. The van der Waals surface area contributed by atoms with Crippen molar-refractivity contribution in [2.24, 2.45) is 0 Å². The molecule has 1 aromatic rings. The molecule has 11 heteroatoms. The van der Waals surface area contributed by atoms with Gasteiger partial charge in [0.1, 0.15) is 0 Å². The summed E-state index contributed by atoms with van der Waals surface area (Å²) in [5.74, 6) is 0. The molecular weight excluding hydrogens is 335 g/mol. The van der Waals surface area contributed by atoms with Crippen LogP contribution in [0.2, 0.25) is 0 Å². The Morgan fingerprint density at radius 2 is 2.00 bits per heavy atom. The van der Waals surface area contributed by atoms with Gasteiger partial charge in [-0.3, -0.25) is 14.9 Å². The summed E-state index contributed by atoms with van der Waals surface area (Å²) < 4.78 is 36.3. The van der Waals surface area contributed by atoms with E-state index >= 15 is 0 Å². The summed E-state index contributed by atoms with van der Waals surface area (Å²) in [6, 6.07) is 0.863. The second-order valence-corrected chi connectivity index (χ2v) is 3.83. The summed E-state index contributed by atoms with van der Waals surface area (Å²) in [7, 11) is 0. The van der Waals surface area contributed by atoms with Gasteiger partial charge in [-0.05, 0) is 22.4 Å². The molecule has 0 aromatic carbocycles. The Bertz CT molecular complexity index is 492. The Balaban J connectivity index is 0.00000256. The number of pyridine rings is 1. The Morgan fingerprint density at radius 1 is 1.47 bits per heavy atom. The normalized spacial score (nSPS) is 10.8. The van der Waals surface area contributed by atoms with Crippen LogP contribution in [0.25, 0.3) is 0 Å². The van der Waals surface area contributed by atoms with Crippen LogP contribution in [0, 0.1) is 10.1 Å². The van der Waals surface area contributed by atoms with E-state index in [1.54, 1.807) is 0 Å². The number of aromatic nitrogens is 1. The van der Waals surface area contributed by atoms with Crippen molar-refractivity contribution in [3.05, 3.63) is 37.2 Å². The molecule has 17 heavy (non-hydrogen) atoms. The van der Waals surface area contributed by atoms with Crippen LogP contribution in [0.1, 0.15) is 0 Å². The van der Waals surface area contributed by atoms with Crippen molar-refractivity contribution >= 4 is 28.6 Å². The third kappa shape index (κ3) is 5.22. The average Bonchev–Trinajstić information content (AvgIpc) is 2.10. The van der Waals surface area contributed by atoms with Gasteiger partial charge in [0.2, 0.25) is 0 Å². The van der Waals surface area contributed by atoms with Crippen LogP contribution >= 0.6 is 15.9 Å². The van der Waals surface area contributed by atoms with E-state index in [-0.39, 0.29) is 60.4 Å². The van der Waals surface area contributed by atoms with Crippen molar-refractivity contribution in [1.82, 2.24) is 4.57 Å². The molecule has 0 saturated carbocycles. The molecule has 1 rings (SSSR count). The Morgan fingerprint density at radius 3 is 2.41 bits per heavy atom. The average molecular weight is 339 g/mol. The van der Waals surface area contributed by atoms with Crippen molar-refractivity contribution in [3.63, 3.8) is 0 Å². The van der Waals surface area contributed by atoms with Gasteiger partial charge in [0.05, 0.1) is 15.6 Å². The van der Waals surface area contributed by atoms with Gasteiger partial charge >= 0.3 is 58.4 Å². The minimum absolute atomic E-state index is 0. The fourth-order valence-corrected chi connectivity index (χ4v) is 1.51. The van der Waals surface area contributed by atoms with Gasteiger partial charge in [0.15, 0.2) is 0 Å². The van der Waals surface area contributed by atoms with E-state index in [4.69, 9.17) is 0 Å². The van der Waals surface area contributed by atoms with Crippen LogP contribution in [0.3, 0.4) is 0 Å². The first kappa shape index (κ1) is 17.3. The van der Waals surface area contributed by atoms with Crippen LogP contribution < -0.4 is 56.9 Å². The second kappa shape index (κ2) is 6.48. The zero-order valence-electron chi connectivity index (χ0n) is 8.57. The van der Waals surface area contributed by atoms with Crippen molar-refractivity contribution in [2.45, 2.75) is 6.44 Å². The Hall–Kier alpha value is 0.321. The number of hydrogen-bond donors (Lipinski definition) is 0. The second-order valence-electron chi connectivity index (χ2n) is 2.97. The summed E-state index contributed by atoms with van der Waals surface area (Å²) in [5, 5.41) is 10.4. The third-order valence-electron chi connectivity index (χ3n) is 1.64. The molecule has 0 saturated heterocycles. The molecule has 5 nitrogen and oxygen atoms in total. The van der Waals surface area contributed by atoms with Crippen LogP contribution in [-0.4, -0.2) is 16.5 Å². The molecule has 0 fully saturated rings. The van der Waals surface area contributed by atoms with Gasteiger partial charge in [0, 0.05) is 6.07 Å². The zero-order valence-corrected chi connectivity index (χ0v) is 13.3. The van der Waals surface area contributed by atoms with Crippen LogP contribution in [0.5, 0.6) is 0 Å². The standard InChI is InChI=1S/C6H4BBrF3N2O3.K/c8-5-1-4(13(15)16)2-12(6(5)14)3-7(9,10)11;/h1-2H,3H2;/q-1;+1. The maximum atomic E-state index is 12.1. The molecule has 0 aliphatic rings. The van der Waals surface area contributed by atoms with Gasteiger partial charge in [-0.2, -0.15) is 0 Å². The summed E-state index contributed by atoms with van der Waals surface area (Å²) in [6.07, 6.45) is -0.929. The van der Waals surface area contributed by atoms with Gasteiger partial charge < -0.3 is 17.5 Å². The van der Waals surface area contributed by atoms with Crippen molar-refractivity contribution in [2.75, 3.05) is 0 Å². The van der Waals surface area contributed by atoms with E-state index < -0.39 is 29.6 Å². The number of nitro groups is 1. The van der Waals surface area contributed by atoms with E-state index in [2.05, 4.69) is 15.9 Å². The number of hydrogen-bond acceptors (Lipinski definition) is 3. The van der Waals surface area contributed by atoms with Crippen molar-refractivity contribution in [1.29, 1.82) is 0 Å². The largest absolute Gasteiger partial charge is 1.00 e. The van der Waals surface area contributed by atoms with Crippen molar-refractivity contribution < 1.29 is 69.3 Å². The molecule has 0 aliphatic carbocycles.